The molecule has 0 rings (SSSR count). The highest BCUT2D eigenvalue weighted by atomic mass is 19.3. The van der Waals surface area contributed by atoms with Crippen LogP contribution in [0, 0.1) is 0 Å². The van der Waals surface area contributed by atoms with E-state index in [1.54, 1.807) is 0 Å². The lowest BCUT2D eigenvalue weighted by Gasteiger charge is -1.98. The van der Waals surface area contributed by atoms with E-state index >= 15 is 0 Å². The van der Waals surface area contributed by atoms with Crippen molar-refractivity contribution >= 4 is 0 Å². The van der Waals surface area contributed by atoms with Crippen molar-refractivity contribution in [2.45, 2.75) is 12.9 Å². The summed E-state index contributed by atoms with van der Waals surface area (Å²) in [5.41, 5.74) is -1.31. The monoisotopic (exact) mass is 128 g/mol. The van der Waals surface area contributed by atoms with Crippen LogP contribution in [0.5, 0.6) is 0 Å². The third-order valence-corrected chi connectivity index (χ3v) is 0.561. The van der Waals surface area contributed by atoms with Crippen LogP contribution in [0.4, 0.5) is 17.6 Å². The summed E-state index contributed by atoms with van der Waals surface area (Å²) < 4.78 is 44.4. The molecule has 0 atom stereocenters. The molecule has 0 fully saturated rings. The minimum absolute atomic E-state index is 1.31. The fourth-order valence-corrected chi connectivity index (χ4v) is 0.0952. The number of hydrogen-bond donors (Lipinski definition) is 0. The van der Waals surface area contributed by atoms with Gasteiger partial charge in [0, 0.05) is 0 Å². The highest BCUT2D eigenvalue weighted by Gasteiger charge is 2.17. The number of alkyl halides is 4. The highest BCUT2D eigenvalue weighted by molar-refractivity contribution is 5.00. The summed E-state index contributed by atoms with van der Waals surface area (Å²) in [5.74, 6) is 0. The van der Waals surface area contributed by atoms with Crippen LogP contribution in [0.15, 0.2) is 12.2 Å². The molecule has 0 radical (unpaired) electrons. The normalized spacial score (nSPS) is 10.8. The minimum atomic E-state index is -3.10. The van der Waals surface area contributed by atoms with E-state index in [0.29, 0.717) is 0 Å². The number of rotatable bonds is 2. The van der Waals surface area contributed by atoms with Gasteiger partial charge in [0.25, 0.3) is 12.9 Å². The van der Waals surface area contributed by atoms with Gasteiger partial charge in [-0.15, -0.1) is 0 Å². The lowest BCUT2D eigenvalue weighted by Crippen LogP contribution is -2.04. The van der Waals surface area contributed by atoms with Crippen molar-refractivity contribution in [3.63, 3.8) is 0 Å². The maximum absolute atomic E-state index is 11.1. The molecule has 0 nitrogen and oxygen atoms in total. The third kappa shape index (κ3) is 1.95. The van der Waals surface area contributed by atoms with Gasteiger partial charge < -0.3 is 0 Å². The van der Waals surface area contributed by atoms with Gasteiger partial charge in [0.05, 0.1) is 5.57 Å². The Hall–Kier alpha value is -0.540. The molecule has 0 unspecified atom stereocenters. The molecule has 0 heterocycles. The van der Waals surface area contributed by atoms with Crippen LogP contribution in [0.1, 0.15) is 0 Å². The fourth-order valence-electron chi connectivity index (χ4n) is 0.0952. The lowest BCUT2D eigenvalue weighted by atomic mass is 10.3. The Balaban J connectivity index is 3.65. The largest absolute Gasteiger partial charge is 0.265 e. The maximum atomic E-state index is 11.1. The highest BCUT2D eigenvalue weighted by Crippen LogP contribution is 2.13. The summed E-state index contributed by atoms with van der Waals surface area (Å²) in [6.45, 7) is 2.45. The molecule has 8 heavy (non-hydrogen) atoms. The zero-order valence-electron chi connectivity index (χ0n) is 3.87. The van der Waals surface area contributed by atoms with Crippen LogP contribution in [0.25, 0.3) is 0 Å². The van der Waals surface area contributed by atoms with Crippen molar-refractivity contribution in [1.82, 2.24) is 0 Å². The molecule has 0 aliphatic rings. The quantitative estimate of drug-likeness (QED) is 0.394. The summed E-state index contributed by atoms with van der Waals surface area (Å²) in [6.07, 6.45) is -6.20. The second-order valence-corrected chi connectivity index (χ2v) is 1.18. The van der Waals surface area contributed by atoms with Crippen molar-refractivity contribution < 1.29 is 17.6 Å². The summed E-state index contributed by atoms with van der Waals surface area (Å²) in [7, 11) is 0. The summed E-state index contributed by atoms with van der Waals surface area (Å²) in [5, 5.41) is 0. The predicted octanol–water partition coefficient (Wildman–Crippen LogP) is 2.07. The van der Waals surface area contributed by atoms with Crippen LogP contribution in [0.2, 0.25) is 0 Å². The molecule has 0 aliphatic heterocycles. The second kappa shape index (κ2) is 2.69. The van der Waals surface area contributed by atoms with E-state index in [0.717, 1.165) is 0 Å². The molecule has 0 saturated carbocycles. The molecule has 0 spiro atoms. The van der Waals surface area contributed by atoms with Gasteiger partial charge in [-0.25, -0.2) is 17.6 Å². The molecule has 0 amide bonds. The van der Waals surface area contributed by atoms with E-state index in [1.165, 1.54) is 0 Å². The zero-order chi connectivity index (χ0) is 6.73. The Kier molecular flexibility index (Phi) is 2.51. The molecule has 0 N–H and O–H groups in total. The molecule has 0 saturated heterocycles. The van der Waals surface area contributed by atoms with Gasteiger partial charge in [-0.3, -0.25) is 0 Å². The number of halogens is 4. The molecule has 0 aromatic carbocycles. The van der Waals surface area contributed by atoms with Crippen LogP contribution in [-0.2, 0) is 0 Å². The molecule has 4 heteroatoms. The van der Waals surface area contributed by atoms with Crippen LogP contribution in [-0.4, -0.2) is 12.9 Å². The summed E-state index contributed by atoms with van der Waals surface area (Å²) in [4.78, 5) is 0. The van der Waals surface area contributed by atoms with Crippen LogP contribution in [0.3, 0.4) is 0 Å². The van der Waals surface area contributed by atoms with E-state index in [2.05, 4.69) is 6.58 Å². The van der Waals surface area contributed by atoms with Gasteiger partial charge in [0.1, 0.15) is 0 Å². The van der Waals surface area contributed by atoms with E-state index < -0.39 is 18.4 Å². The standard InChI is InChI=1S/C4H4F4/c1-2(3(5)6)4(7)8/h3-4H,1H2. The predicted molar refractivity (Wildman–Crippen MR) is 21.1 cm³/mol. The summed E-state index contributed by atoms with van der Waals surface area (Å²) >= 11 is 0. The average molecular weight is 128 g/mol. The summed E-state index contributed by atoms with van der Waals surface area (Å²) in [6, 6.07) is 0. The van der Waals surface area contributed by atoms with Gasteiger partial charge in [0.2, 0.25) is 0 Å². The number of hydrogen-bond acceptors (Lipinski definition) is 0. The SMILES string of the molecule is C=C(C(F)F)C(F)F. The average Bonchev–Trinajstić information content (AvgIpc) is 1.64. The van der Waals surface area contributed by atoms with Gasteiger partial charge >= 0.3 is 0 Å². The molecular formula is C4H4F4. The van der Waals surface area contributed by atoms with Crippen molar-refractivity contribution in [2.75, 3.05) is 0 Å². The Morgan fingerprint density at radius 3 is 1.25 bits per heavy atom. The van der Waals surface area contributed by atoms with Crippen molar-refractivity contribution in [3.05, 3.63) is 12.2 Å². The molecule has 0 bridgehead atoms. The van der Waals surface area contributed by atoms with Crippen molar-refractivity contribution in [3.8, 4) is 0 Å². The molecule has 0 aromatic rings. The first kappa shape index (κ1) is 7.46. The molecule has 0 aromatic heterocycles. The third-order valence-electron chi connectivity index (χ3n) is 0.561. The Bertz CT molecular complexity index is 76.0. The first-order chi connectivity index (χ1) is 3.55. The number of allylic oxidation sites excluding steroid dienone is 1. The van der Waals surface area contributed by atoms with E-state index in [4.69, 9.17) is 0 Å². The molecular weight excluding hydrogens is 124 g/mol. The van der Waals surface area contributed by atoms with Crippen molar-refractivity contribution in [2.24, 2.45) is 0 Å². The molecule has 0 aliphatic carbocycles. The topological polar surface area (TPSA) is 0 Å². The van der Waals surface area contributed by atoms with Gasteiger partial charge in [-0.05, 0) is 0 Å². The Morgan fingerprint density at radius 2 is 1.25 bits per heavy atom. The molecule has 48 valence electrons. The first-order valence-corrected chi connectivity index (χ1v) is 1.80. The van der Waals surface area contributed by atoms with Crippen molar-refractivity contribution in [1.29, 1.82) is 0 Å². The van der Waals surface area contributed by atoms with E-state index in [9.17, 15) is 17.6 Å². The Morgan fingerprint density at radius 1 is 1.00 bits per heavy atom. The van der Waals surface area contributed by atoms with Gasteiger partial charge in [-0.2, -0.15) is 0 Å². The minimum Gasteiger partial charge on any atom is -0.205 e. The van der Waals surface area contributed by atoms with Gasteiger partial charge in [-0.1, -0.05) is 6.58 Å². The van der Waals surface area contributed by atoms with Crippen LogP contribution < -0.4 is 0 Å². The second-order valence-electron chi connectivity index (χ2n) is 1.18. The van der Waals surface area contributed by atoms with Crippen LogP contribution >= 0.6 is 0 Å². The lowest BCUT2D eigenvalue weighted by molar-refractivity contribution is 0.112. The smallest absolute Gasteiger partial charge is 0.205 e. The van der Waals surface area contributed by atoms with E-state index in [-0.39, 0.29) is 0 Å². The fraction of sp³-hybridized carbons (Fsp3) is 0.500. The first-order valence-electron chi connectivity index (χ1n) is 1.80. The van der Waals surface area contributed by atoms with E-state index in [1.807, 2.05) is 0 Å². The Labute approximate surface area is 43.8 Å². The van der Waals surface area contributed by atoms with Gasteiger partial charge in [0.15, 0.2) is 0 Å². The zero-order valence-corrected chi connectivity index (χ0v) is 3.87. The maximum Gasteiger partial charge on any atom is 0.265 e.